The molecule has 0 fully saturated rings. The normalized spacial score (nSPS) is 10.2. The van der Waals surface area contributed by atoms with Crippen LogP contribution in [-0.4, -0.2) is 6.03 Å². The number of nitrogens with one attached hydrogen (secondary N) is 2. The van der Waals surface area contributed by atoms with Crippen LogP contribution in [-0.2, 0) is 0 Å². The van der Waals surface area contributed by atoms with Gasteiger partial charge >= 0.3 is 6.03 Å². The summed E-state index contributed by atoms with van der Waals surface area (Å²) < 4.78 is 0.996. The summed E-state index contributed by atoms with van der Waals surface area (Å²) in [5, 5.41) is 5.72. The lowest BCUT2D eigenvalue weighted by Gasteiger charge is -2.12. The molecule has 0 saturated heterocycles. The number of hydrogen-bond donors (Lipinski definition) is 2. The van der Waals surface area contributed by atoms with Crippen LogP contribution in [0.4, 0.5) is 16.2 Å². The molecule has 2 aromatic carbocycles. The molecule has 0 saturated carbocycles. The van der Waals surface area contributed by atoms with Crippen molar-refractivity contribution in [3.63, 3.8) is 0 Å². The zero-order valence-corrected chi connectivity index (χ0v) is 13.3. The zero-order chi connectivity index (χ0) is 14.7. The highest BCUT2D eigenvalue weighted by Crippen LogP contribution is 2.21. The molecule has 2 N–H and O–H groups in total. The Kier molecular flexibility index (Phi) is 4.45. The summed E-state index contributed by atoms with van der Waals surface area (Å²) in [5.74, 6) is 0. The summed E-state index contributed by atoms with van der Waals surface area (Å²) in [4.78, 5) is 12.0. The van der Waals surface area contributed by atoms with Gasteiger partial charge in [0.1, 0.15) is 0 Å². The molecule has 0 aliphatic rings. The van der Waals surface area contributed by atoms with Crippen molar-refractivity contribution in [2.24, 2.45) is 0 Å². The molecule has 20 heavy (non-hydrogen) atoms. The molecule has 0 bridgehead atoms. The minimum atomic E-state index is -0.234. The lowest BCUT2D eigenvalue weighted by molar-refractivity contribution is 0.262. The quantitative estimate of drug-likeness (QED) is 0.796. The average molecular weight is 333 g/mol. The molecule has 0 aliphatic carbocycles. The number of rotatable bonds is 2. The average Bonchev–Trinajstić information content (AvgIpc) is 2.36. The fraction of sp³-hybridized carbons (Fsp3) is 0.188. The fourth-order valence-electron chi connectivity index (χ4n) is 2.00. The van der Waals surface area contributed by atoms with Gasteiger partial charge < -0.3 is 10.6 Å². The molecule has 0 aliphatic heterocycles. The Morgan fingerprint density at radius 1 is 0.900 bits per heavy atom. The van der Waals surface area contributed by atoms with Crippen LogP contribution in [0.25, 0.3) is 0 Å². The summed E-state index contributed by atoms with van der Waals surface area (Å²) in [7, 11) is 0. The van der Waals surface area contributed by atoms with E-state index in [1.807, 2.05) is 57.2 Å². The van der Waals surface area contributed by atoms with Gasteiger partial charge in [0.05, 0.1) is 0 Å². The fourth-order valence-corrected chi connectivity index (χ4v) is 2.47. The van der Waals surface area contributed by atoms with Crippen molar-refractivity contribution in [1.29, 1.82) is 0 Å². The monoisotopic (exact) mass is 332 g/mol. The van der Waals surface area contributed by atoms with Crippen LogP contribution in [0.2, 0.25) is 0 Å². The van der Waals surface area contributed by atoms with Crippen molar-refractivity contribution in [2.45, 2.75) is 20.8 Å². The van der Waals surface area contributed by atoms with Crippen molar-refractivity contribution >= 4 is 33.3 Å². The molecule has 3 nitrogen and oxygen atoms in total. The summed E-state index contributed by atoms with van der Waals surface area (Å²) >= 11 is 3.40. The first-order valence-corrected chi connectivity index (χ1v) is 7.16. The number of urea groups is 1. The van der Waals surface area contributed by atoms with Gasteiger partial charge in [0.25, 0.3) is 0 Å². The third-order valence-electron chi connectivity index (χ3n) is 3.07. The molecule has 4 heteroatoms. The van der Waals surface area contributed by atoms with E-state index < -0.39 is 0 Å². The number of hydrogen-bond acceptors (Lipinski definition) is 1. The molecule has 0 unspecified atom stereocenters. The molecule has 2 amide bonds. The predicted molar refractivity (Wildman–Crippen MR) is 87.4 cm³/mol. The van der Waals surface area contributed by atoms with Gasteiger partial charge in [-0.15, -0.1) is 0 Å². The van der Waals surface area contributed by atoms with Crippen LogP contribution in [0, 0.1) is 20.8 Å². The number of carbonyl (C=O) groups excluding carboxylic acids is 1. The summed E-state index contributed by atoms with van der Waals surface area (Å²) in [6, 6.07) is 11.4. The van der Waals surface area contributed by atoms with Crippen molar-refractivity contribution < 1.29 is 4.79 Å². The maximum Gasteiger partial charge on any atom is 0.323 e. The largest absolute Gasteiger partial charge is 0.323 e. The minimum absolute atomic E-state index is 0.234. The molecule has 0 radical (unpaired) electrons. The Morgan fingerprint density at radius 3 is 2.00 bits per heavy atom. The van der Waals surface area contributed by atoms with Gasteiger partial charge in [0, 0.05) is 15.8 Å². The number of amides is 2. The van der Waals surface area contributed by atoms with Crippen LogP contribution in [0.15, 0.2) is 40.9 Å². The first kappa shape index (κ1) is 14.6. The standard InChI is InChI=1S/C16H17BrN2O/c1-10-4-6-14(11(2)8-10)18-16(20)19-15-7-5-13(17)9-12(15)3/h4-9H,1-3H3,(H2,18,19,20). The number of aryl methyl sites for hydroxylation is 3. The van der Waals surface area contributed by atoms with E-state index >= 15 is 0 Å². The molecule has 104 valence electrons. The molecule has 2 rings (SSSR count). The zero-order valence-electron chi connectivity index (χ0n) is 11.8. The minimum Gasteiger partial charge on any atom is -0.307 e. The Labute approximate surface area is 127 Å². The van der Waals surface area contributed by atoms with E-state index in [1.54, 1.807) is 0 Å². The molecule has 0 aromatic heterocycles. The van der Waals surface area contributed by atoms with Gasteiger partial charge in [0.15, 0.2) is 0 Å². The van der Waals surface area contributed by atoms with Crippen LogP contribution < -0.4 is 10.6 Å². The summed E-state index contributed by atoms with van der Waals surface area (Å²) in [6.45, 7) is 5.97. The van der Waals surface area contributed by atoms with E-state index in [2.05, 4.69) is 26.6 Å². The van der Waals surface area contributed by atoms with Crippen LogP contribution >= 0.6 is 15.9 Å². The van der Waals surface area contributed by atoms with Gasteiger partial charge in [-0.2, -0.15) is 0 Å². The van der Waals surface area contributed by atoms with Crippen molar-refractivity contribution in [2.75, 3.05) is 10.6 Å². The summed E-state index contributed by atoms with van der Waals surface area (Å²) in [6.07, 6.45) is 0. The van der Waals surface area contributed by atoms with Crippen LogP contribution in [0.1, 0.15) is 16.7 Å². The second-order valence-electron chi connectivity index (χ2n) is 4.86. The molecule has 0 atom stereocenters. The Hall–Kier alpha value is -1.81. The Balaban J connectivity index is 2.09. The second-order valence-corrected chi connectivity index (χ2v) is 5.77. The molecule has 0 heterocycles. The Bertz CT molecular complexity index is 597. The van der Waals surface area contributed by atoms with Gasteiger partial charge in [-0.05, 0) is 56.2 Å². The highest BCUT2D eigenvalue weighted by atomic mass is 79.9. The van der Waals surface area contributed by atoms with E-state index in [1.165, 1.54) is 5.56 Å². The van der Waals surface area contributed by atoms with Crippen LogP contribution in [0.3, 0.4) is 0 Å². The van der Waals surface area contributed by atoms with Gasteiger partial charge in [-0.3, -0.25) is 0 Å². The van der Waals surface area contributed by atoms with Crippen molar-refractivity contribution in [1.82, 2.24) is 0 Å². The summed E-state index contributed by atoms with van der Waals surface area (Å²) in [5.41, 5.74) is 4.86. The van der Waals surface area contributed by atoms with Crippen molar-refractivity contribution in [3.05, 3.63) is 57.6 Å². The SMILES string of the molecule is Cc1ccc(NC(=O)Nc2ccc(Br)cc2C)c(C)c1. The molecule has 0 spiro atoms. The topological polar surface area (TPSA) is 41.1 Å². The molecular formula is C16H17BrN2O. The van der Waals surface area contributed by atoms with E-state index in [9.17, 15) is 4.79 Å². The maximum atomic E-state index is 12.0. The third-order valence-corrected chi connectivity index (χ3v) is 3.56. The van der Waals surface area contributed by atoms with E-state index in [0.29, 0.717) is 0 Å². The number of benzene rings is 2. The first-order chi connectivity index (χ1) is 9.45. The smallest absolute Gasteiger partial charge is 0.307 e. The van der Waals surface area contributed by atoms with E-state index in [4.69, 9.17) is 0 Å². The maximum absolute atomic E-state index is 12.0. The van der Waals surface area contributed by atoms with Crippen molar-refractivity contribution in [3.8, 4) is 0 Å². The number of anilines is 2. The number of carbonyl (C=O) groups is 1. The van der Waals surface area contributed by atoms with Gasteiger partial charge in [-0.25, -0.2) is 4.79 Å². The molecule has 2 aromatic rings. The second kappa shape index (κ2) is 6.09. The first-order valence-electron chi connectivity index (χ1n) is 6.37. The highest BCUT2D eigenvalue weighted by molar-refractivity contribution is 9.10. The van der Waals surface area contributed by atoms with Crippen LogP contribution in [0.5, 0.6) is 0 Å². The predicted octanol–water partition coefficient (Wildman–Crippen LogP) is 5.02. The Morgan fingerprint density at radius 2 is 1.45 bits per heavy atom. The van der Waals surface area contributed by atoms with E-state index in [0.717, 1.165) is 27.0 Å². The number of halogens is 1. The lowest BCUT2D eigenvalue weighted by Crippen LogP contribution is -2.20. The highest BCUT2D eigenvalue weighted by Gasteiger charge is 2.07. The lowest BCUT2D eigenvalue weighted by atomic mass is 10.1. The van der Waals surface area contributed by atoms with E-state index in [-0.39, 0.29) is 6.03 Å². The molecular weight excluding hydrogens is 316 g/mol. The van der Waals surface area contributed by atoms with Gasteiger partial charge in [-0.1, -0.05) is 33.6 Å². The van der Waals surface area contributed by atoms with Gasteiger partial charge in [0.2, 0.25) is 0 Å². The third kappa shape index (κ3) is 3.61.